The lowest BCUT2D eigenvalue weighted by Crippen LogP contribution is -2.07. The molecule has 0 fully saturated rings. The summed E-state index contributed by atoms with van der Waals surface area (Å²) >= 11 is 0. The van der Waals surface area contributed by atoms with Gasteiger partial charge in [-0.15, -0.1) is 0 Å². The maximum absolute atomic E-state index is 12.4. The maximum Gasteiger partial charge on any atom is 0.354 e. The summed E-state index contributed by atoms with van der Waals surface area (Å²) in [6, 6.07) is 1.44. The number of aromatic carboxylic acids is 1. The third-order valence-corrected chi connectivity index (χ3v) is 1.55. The van der Waals surface area contributed by atoms with E-state index in [1.54, 1.807) is 6.92 Å². The van der Waals surface area contributed by atoms with Gasteiger partial charge < -0.3 is 9.84 Å². The van der Waals surface area contributed by atoms with Crippen LogP contribution in [0.5, 0.6) is 5.75 Å². The Morgan fingerprint density at radius 3 is 2.79 bits per heavy atom. The first kappa shape index (κ1) is 10.4. The summed E-state index contributed by atoms with van der Waals surface area (Å²) in [7, 11) is 0. The van der Waals surface area contributed by atoms with Crippen molar-refractivity contribution in [1.29, 1.82) is 0 Å². The number of aromatic nitrogens is 1. The summed E-state index contributed by atoms with van der Waals surface area (Å²) in [6.07, 6.45) is -0.251. The van der Waals surface area contributed by atoms with Crippen LogP contribution in [0.3, 0.4) is 0 Å². The van der Waals surface area contributed by atoms with Crippen molar-refractivity contribution in [3.8, 4) is 5.75 Å². The zero-order chi connectivity index (χ0) is 10.7. The molecule has 0 radical (unpaired) electrons. The van der Waals surface area contributed by atoms with Crippen molar-refractivity contribution < 1.29 is 19.0 Å². The Balaban J connectivity index is 2.94. The van der Waals surface area contributed by atoms with Gasteiger partial charge in [0.15, 0.2) is 5.69 Å². The molecule has 0 spiro atoms. The molecule has 0 aromatic carbocycles. The average Bonchev–Trinajstić information content (AvgIpc) is 2.01. The molecule has 1 N–H and O–H groups in total. The topological polar surface area (TPSA) is 59.4 Å². The predicted molar refractivity (Wildman–Crippen MR) is 47.1 cm³/mol. The molecule has 76 valence electrons. The molecule has 0 bridgehead atoms. The normalized spacial score (nSPS) is 12.2. The molecule has 4 nitrogen and oxygen atoms in total. The van der Waals surface area contributed by atoms with Crippen molar-refractivity contribution in [2.75, 3.05) is 0 Å². The van der Waals surface area contributed by atoms with Gasteiger partial charge in [-0.2, -0.15) is 0 Å². The Kier molecular flexibility index (Phi) is 3.01. The number of ether oxygens (including phenoxy) is 1. The second-order valence-corrected chi connectivity index (χ2v) is 2.80. The van der Waals surface area contributed by atoms with Crippen molar-refractivity contribution in [3.05, 3.63) is 23.5 Å². The minimum atomic E-state index is -1.44. The number of pyridine rings is 1. The first-order valence-corrected chi connectivity index (χ1v) is 4.01. The number of carboxylic acids is 1. The zero-order valence-electron chi connectivity index (χ0n) is 7.82. The highest BCUT2D eigenvalue weighted by molar-refractivity contribution is 5.87. The second-order valence-electron chi connectivity index (χ2n) is 2.80. The minimum Gasteiger partial charge on any atom is -0.477 e. The first-order chi connectivity index (χ1) is 6.50. The van der Waals surface area contributed by atoms with Crippen molar-refractivity contribution in [1.82, 2.24) is 4.98 Å². The van der Waals surface area contributed by atoms with E-state index in [4.69, 9.17) is 9.84 Å². The predicted octanol–water partition coefficient (Wildman–Crippen LogP) is 1.78. The zero-order valence-corrected chi connectivity index (χ0v) is 7.82. The summed E-state index contributed by atoms with van der Waals surface area (Å²) in [5, 5.41) is 8.66. The van der Waals surface area contributed by atoms with Crippen molar-refractivity contribution in [2.45, 2.75) is 20.2 Å². The van der Waals surface area contributed by atoms with Crippen LogP contribution in [-0.4, -0.2) is 22.4 Å². The van der Waals surface area contributed by atoms with Crippen LogP contribution in [0, 0.1) is 6.92 Å². The van der Waals surface area contributed by atoms with Gasteiger partial charge in [0, 0.05) is 6.92 Å². The minimum absolute atomic E-state index is 0.0520. The smallest absolute Gasteiger partial charge is 0.354 e. The van der Waals surface area contributed by atoms with Gasteiger partial charge in [0.25, 0.3) is 0 Å². The number of carbonyl (C=O) groups is 1. The van der Waals surface area contributed by atoms with E-state index in [2.05, 4.69) is 4.98 Å². The fourth-order valence-corrected chi connectivity index (χ4v) is 1.02. The molecule has 0 saturated carbocycles. The van der Waals surface area contributed by atoms with Gasteiger partial charge in [0.05, 0.1) is 6.20 Å². The van der Waals surface area contributed by atoms with E-state index >= 15 is 0 Å². The van der Waals surface area contributed by atoms with E-state index in [0.717, 1.165) is 0 Å². The number of rotatable bonds is 3. The molecule has 1 aromatic rings. The van der Waals surface area contributed by atoms with Crippen LogP contribution in [0.2, 0.25) is 0 Å². The van der Waals surface area contributed by atoms with Crippen LogP contribution in [-0.2, 0) is 0 Å². The lowest BCUT2D eigenvalue weighted by molar-refractivity contribution is 0.0689. The SMILES string of the molecule is Cc1cc(OC(C)F)cnc1C(=O)O. The molecule has 1 unspecified atom stereocenters. The van der Waals surface area contributed by atoms with Crippen LogP contribution >= 0.6 is 0 Å². The van der Waals surface area contributed by atoms with Crippen molar-refractivity contribution in [2.24, 2.45) is 0 Å². The Hall–Kier alpha value is -1.65. The first-order valence-electron chi connectivity index (χ1n) is 4.01. The third kappa shape index (κ3) is 2.42. The standard InChI is InChI=1S/C9H10FNO3/c1-5-3-7(14-6(2)10)4-11-8(5)9(12)13/h3-4,6H,1-2H3,(H,12,13). The molecule has 14 heavy (non-hydrogen) atoms. The molecule has 0 aliphatic heterocycles. The highest BCUT2D eigenvalue weighted by Gasteiger charge is 2.10. The summed E-state index contributed by atoms with van der Waals surface area (Å²) in [6.45, 7) is 2.81. The number of nitrogens with zero attached hydrogens (tertiary/aromatic N) is 1. The number of halogens is 1. The van der Waals surface area contributed by atoms with E-state index in [-0.39, 0.29) is 11.4 Å². The fourth-order valence-electron chi connectivity index (χ4n) is 1.02. The molecular formula is C9H10FNO3. The average molecular weight is 199 g/mol. The molecule has 5 heteroatoms. The van der Waals surface area contributed by atoms with Crippen LogP contribution in [0.1, 0.15) is 23.0 Å². The molecule has 1 aromatic heterocycles. The van der Waals surface area contributed by atoms with Gasteiger partial charge in [-0.3, -0.25) is 0 Å². The van der Waals surface area contributed by atoms with Crippen LogP contribution in [0.4, 0.5) is 4.39 Å². The van der Waals surface area contributed by atoms with E-state index in [1.807, 2.05) is 0 Å². The fraction of sp³-hybridized carbons (Fsp3) is 0.333. The van der Waals surface area contributed by atoms with Gasteiger partial charge in [0.1, 0.15) is 5.75 Å². The summed E-state index contributed by atoms with van der Waals surface area (Å²) in [4.78, 5) is 14.2. The van der Waals surface area contributed by atoms with Gasteiger partial charge in [-0.05, 0) is 18.6 Å². The molecule has 1 atom stereocenters. The number of alkyl halides is 1. The highest BCUT2D eigenvalue weighted by atomic mass is 19.1. The monoisotopic (exact) mass is 199 g/mol. The van der Waals surface area contributed by atoms with E-state index in [9.17, 15) is 9.18 Å². The van der Waals surface area contributed by atoms with Crippen molar-refractivity contribution in [3.63, 3.8) is 0 Å². The molecule has 0 aliphatic rings. The largest absolute Gasteiger partial charge is 0.477 e. The third-order valence-electron chi connectivity index (χ3n) is 1.55. The Morgan fingerprint density at radius 2 is 2.36 bits per heavy atom. The van der Waals surface area contributed by atoms with Crippen molar-refractivity contribution >= 4 is 5.97 Å². The van der Waals surface area contributed by atoms with Gasteiger partial charge in [0.2, 0.25) is 6.36 Å². The van der Waals surface area contributed by atoms with Gasteiger partial charge >= 0.3 is 5.97 Å². The second kappa shape index (κ2) is 4.04. The number of hydrogen-bond donors (Lipinski definition) is 1. The summed E-state index contributed by atoms with van der Waals surface area (Å²) in [5.74, 6) is -0.884. The van der Waals surface area contributed by atoms with E-state index in [1.165, 1.54) is 19.2 Å². The summed E-state index contributed by atoms with van der Waals surface area (Å²) in [5.41, 5.74) is 0.388. The Morgan fingerprint density at radius 1 is 1.71 bits per heavy atom. The van der Waals surface area contributed by atoms with Gasteiger partial charge in [-0.1, -0.05) is 0 Å². The van der Waals surface area contributed by atoms with E-state index in [0.29, 0.717) is 5.56 Å². The molecular weight excluding hydrogens is 189 g/mol. The van der Waals surface area contributed by atoms with E-state index < -0.39 is 12.3 Å². The maximum atomic E-state index is 12.4. The molecule has 0 saturated heterocycles. The summed E-state index contributed by atoms with van der Waals surface area (Å²) < 4.78 is 17.1. The van der Waals surface area contributed by atoms with Crippen LogP contribution < -0.4 is 4.74 Å². The highest BCUT2D eigenvalue weighted by Crippen LogP contribution is 2.15. The molecule has 0 aliphatic carbocycles. The molecule has 1 rings (SSSR count). The quantitative estimate of drug-likeness (QED) is 0.806. The number of carboxylic acid groups (broad SMARTS) is 1. The number of hydrogen-bond acceptors (Lipinski definition) is 3. The number of aryl methyl sites for hydroxylation is 1. The Labute approximate surface area is 80.3 Å². The lowest BCUT2D eigenvalue weighted by Gasteiger charge is -2.07. The Bertz CT molecular complexity index is 352. The van der Waals surface area contributed by atoms with Gasteiger partial charge in [-0.25, -0.2) is 14.2 Å². The van der Waals surface area contributed by atoms with Crippen LogP contribution in [0.25, 0.3) is 0 Å². The molecule has 0 amide bonds. The molecule has 1 heterocycles. The lowest BCUT2D eigenvalue weighted by atomic mass is 10.2. The van der Waals surface area contributed by atoms with Crippen LogP contribution in [0.15, 0.2) is 12.3 Å².